The van der Waals surface area contributed by atoms with Gasteiger partial charge in [-0.25, -0.2) is 9.78 Å². The van der Waals surface area contributed by atoms with E-state index in [1.54, 1.807) is 0 Å². The molecular formula is C10H9ClF3NO3. The molecule has 1 rings (SSSR count). The van der Waals surface area contributed by atoms with Crippen LogP contribution in [0.5, 0.6) is 5.88 Å². The Morgan fingerprint density at radius 1 is 1.50 bits per heavy atom. The Morgan fingerprint density at radius 3 is 2.56 bits per heavy atom. The number of carbonyl (C=O) groups is 1. The molecule has 1 atom stereocenters. The number of alkyl halides is 3. The Hall–Kier alpha value is -1.50. The van der Waals surface area contributed by atoms with Crippen LogP contribution in [0, 0.1) is 0 Å². The van der Waals surface area contributed by atoms with Crippen molar-refractivity contribution in [1.82, 2.24) is 4.98 Å². The van der Waals surface area contributed by atoms with Crippen LogP contribution in [-0.4, -0.2) is 30.3 Å². The Balaban J connectivity index is 2.90. The summed E-state index contributed by atoms with van der Waals surface area (Å²) >= 11 is 5.66. The first kappa shape index (κ1) is 14.6. The van der Waals surface area contributed by atoms with E-state index in [4.69, 9.17) is 11.6 Å². The number of esters is 1. The van der Waals surface area contributed by atoms with Crippen molar-refractivity contribution in [2.45, 2.75) is 19.2 Å². The molecule has 1 aromatic heterocycles. The van der Waals surface area contributed by atoms with Crippen molar-refractivity contribution in [2.24, 2.45) is 0 Å². The van der Waals surface area contributed by atoms with Gasteiger partial charge in [0.2, 0.25) is 5.88 Å². The van der Waals surface area contributed by atoms with Crippen molar-refractivity contribution < 1.29 is 27.4 Å². The molecule has 0 amide bonds. The first-order valence-electron chi connectivity index (χ1n) is 4.73. The number of hydrogen-bond acceptors (Lipinski definition) is 4. The maximum Gasteiger partial charge on any atom is 0.425 e. The Labute approximate surface area is 106 Å². The Bertz CT molecular complexity index is 450. The molecule has 0 saturated carbocycles. The van der Waals surface area contributed by atoms with Crippen molar-refractivity contribution in [3.05, 3.63) is 22.8 Å². The average Bonchev–Trinajstić information content (AvgIpc) is 2.29. The standard InChI is InChI=1S/C10H9ClF3NO3/c1-5(10(12,13)14)18-8-7(11)3-6(4-15-8)9(16)17-2/h3-5H,1-2H3. The van der Waals surface area contributed by atoms with Crippen LogP contribution in [0.3, 0.4) is 0 Å². The Morgan fingerprint density at radius 2 is 2.11 bits per heavy atom. The normalized spacial score (nSPS) is 13.0. The quantitative estimate of drug-likeness (QED) is 0.800. The molecule has 0 saturated heterocycles. The number of halogens is 4. The summed E-state index contributed by atoms with van der Waals surface area (Å²) < 4.78 is 45.7. The van der Waals surface area contributed by atoms with Gasteiger partial charge < -0.3 is 9.47 Å². The number of nitrogens with zero attached hydrogens (tertiary/aromatic N) is 1. The van der Waals surface area contributed by atoms with Crippen LogP contribution in [0.25, 0.3) is 0 Å². The third-order valence-electron chi connectivity index (χ3n) is 1.98. The molecule has 1 unspecified atom stereocenters. The third kappa shape index (κ3) is 3.49. The van der Waals surface area contributed by atoms with Crippen LogP contribution in [0.4, 0.5) is 13.2 Å². The van der Waals surface area contributed by atoms with Crippen LogP contribution in [0.15, 0.2) is 12.3 Å². The van der Waals surface area contributed by atoms with Crippen molar-refractivity contribution in [2.75, 3.05) is 7.11 Å². The highest BCUT2D eigenvalue weighted by molar-refractivity contribution is 6.32. The third-order valence-corrected chi connectivity index (χ3v) is 2.25. The molecule has 0 N–H and O–H groups in total. The van der Waals surface area contributed by atoms with Gasteiger partial charge in [0.1, 0.15) is 5.02 Å². The molecule has 100 valence electrons. The summed E-state index contributed by atoms with van der Waals surface area (Å²) in [5.41, 5.74) is 0.0227. The van der Waals surface area contributed by atoms with Crippen molar-refractivity contribution in [3.8, 4) is 5.88 Å². The van der Waals surface area contributed by atoms with E-state index in [0.29, 0.717) is 0 Å². The maximum absolute atomic E-state index is 12.3. The van der Waals surface area contributed by atoms with E-state index >= 15 is 0 Å². The molecule has 1 heterocycles. The molecule has 0 fully saturated rings. The molecule has 8 heteroatoms. The second kappa shape index (κ2) is 5.43. The molecule has 0 radical (unpaired) electrons. The van der Waals surface area contributed by atoms with Crippen LogP contribution < -0.4 is 4.74 Å². The molecule has 0 aliphatic rings. The largest absolute Gasteiger partial charge is 0.465 e. The number of ether oxygens (including phenoxy) is 2. The van der Waals surface area contributed by atoms with Crippen LogP contribution in [-0.2, 0) is 4.74 Å². The number of pyridine rings is 1. The molecule has 0 aliphatic heterocycles. The molecule has 0 spiro atoms. The van der Waals surface area contributed by atoms with E-state index in [9.17, 15) is 18.0 Å². The van der Waals surface area contributed by atoms with Crippen molar-refractivity contribution in [3.63, 3.8) is 0 Å². The maximum atomic E-state index is 12.3. The molecule has 4 nitrogen and oxygen atoms in total. The van der Waals surface area contributed by atoms with Gasteiger partial charge in [0, 0.05) is 6.20 Å². The molecular weight excluding hydrogens is 275 g/mol. The minimum Gasteiger partial charge on any atom is -0.465 e. The van der Waals surface area contributed by atoms with Gasteiger partial charge in [-0.05, 0) is 13.0 Å². The lowest BCUT2D eigenvalue weighted by molar-refractivity contribution is -0.189. The minimum absolute atomic E-state index is 0.0227. The SMILES string of the molecule is COC(=O)c1cnc(OC(C)C(F)(F)F)c(Cl)c1. The van der Waals surface area contributed by atoms with Gasteiger partial charge in [-0.2, -0.15) is 13.2 Å². The summed E-state index contributed by atoms with van der Waals surface area (Å²) in [5.74, 6) is -1.09. The summed E-state index contributed by atoms with van der Waals surface area (Å²) in [6.07, 6.45) is -5.55. The van der Waals surface area contributed by atoms with Crippen LogP contribution in [0.1, 0.15) is 17.3 Å². The van der Waals surface area contributed by atoms with Gasteiger partial charge in [0.05, 0.1) is 12.7 Å². The number of rotatable bonds is 3. The highest BCUT2D eigenvalue weighted by atomic mass is 35.5. The predicted molar refractivity (Wildman–Crippen MR) is 56.7 cm³/mol. The van der Waals surface area contributed by atoms with Gasteiger partial charge in [-0.3, -0.25) is 0 Å². The van der Waals surface area contributed by atoms with E-state index in [1.165, 1.54) is 0 Å². The zero-order valence-electron chi connectivity index (χ0n) is 9.42. The summed E-state index contributed by atoms with van der Waals surface area (Å²) in [7, 11) is 1.16. The first-order chi connectivity index (χ1) is 8.25. The van der Waals surface area contributed by atoms with E-state index < -0.39 is 24.1 Å². The minimum atomic E-state index is -4.52. The fourth-order valence-corrected chi connectivity index (χ4v) is 1.19. The average molecular weight is 284 g/mol. The highest BCUT2D eigenvalue weighted by Crippen LogP contribution is 2.28. The summed E-state index contributed by atoms with van der Waals surface area (Å²) in [4.78, 5) is 14.7. The van der Waals surface area contributed by atoms with Crippen LogP contribution >= 0.6 is 11.6 Å². The summed E-state index contributed by atoms with van der Waals surface area (Å²) in [6, 6.07) is 1.12. The summed E-state index contributed by atoms with van der Waals surface area (Å²) in [5, 5.41) is -0.200. The van der Waals surface area contributed by atoms with E-state index in [1.807, 2.05) is 0 Å². The van der Waals surface area contributed by atoms with Gasteiger partial charge >= 0.3 is 12.1 Å². The van der Waals surface area contributed by atoms with Crippen molar-refractivity contribution in [1.29, 1.82) is 0 Å². The molecule has 1 aromatic rings. The zero-order chi connectivity index (χ0) is 13.9. The highest BCUT2D eigenvalue weighted by Gasteiger charge is 2.38. The molecule has 0 aliphatic carbocycles. The molecule has 0 aromatic carbocycles. The second-order valence-electron chi connectivity index (χ2n) is 3.30. The lowest BCUT2D eigenvalue weighted by Gasteiger charge is -2.17. The zero-order valence-corrected chi connectivity index (χ0v) is 10.2. The second-order valence-corrected chi connectivity index (χ2v) is 3.71. The van der Waals surface area contributed by atoms with Crippen LogP contribution in [0.2, 0.25) is 5.02 Å². The summed E-state index contributed by atoms with van der Waals surface area (Å²) in [6.45, 7) is 0.826. The van der Waals surface area contributed by atoms with E-state index in [-0.39, 0.29) is 10.6 Å². The fraction of sp³-hybridized carbons (Fsp3) is 0.400. The van der Waals surface area contributed by atoms with Crippen molar-refractivity contribution >= 4 is 17.6 Å². The number of methoxy groups -OCH3 is 1. The Kier molecular flexibility index (Phi) is 4.39. The molecule has 0 bridgehead atoms. The monoisotopic (exact) mass is 283 g/mol. The molecule has 18 heavy (non-hydrogen) atoms. The van der Waals surface area contributed by atoms with Gasteiger partial charge in [-0.15, -0.1) is 0 Å². The van der Waals surface area contributed by atoms with E-state index in [0.717, 1.165) is 26.3 Å². The first-order valence-corrected chi connectivity index (χ1v) is 5.10. The number of carbonyl (C=O) groups excluding carboxylic acids is 1. The van der Waals surface area contributed by atoms with Gasteiger partial charge in [-0.1, -0.05) is 11.6 Å². The number of aromatic nitrogens is 1. The topological polar surface area (TPSA) is 48.4 Å². The van der Waals surface area contributed by atoms with Gasteiger partial charge in [0.25, 0.3) is 0 Å². The predicted octanol–water partition coefficient (Wildman–Crippen LogP) is 2.85. The smallest absolute Gasteiger partial charge is 0.425 e. The fourth-order valence-electron chi connectivity index (χ4n) is 0.976. The lowest BCUT2D eigenvalue weighted by Crippen LogP contribution is -2.31. The number of hydrogen-bond donors (Lipinski definition) is 0. The van der Waals surface area contributed by atoms with E-state index in [2.05, 4.69) is 14.5 Å². The lowest BCUT2D eigenvalue weighted by atomic mass is 10.3. The van der Waals surface area contributed by atoms with Gasteiger partial charge in [0.15, 0.2) is 6.10 Å².